The second-order valence-electron chi connectivity index (χ2n) is 4.90. The molecule has 0 spiro atoms. The Hall–Kier alpha value is -1.06. The van der Waals surface area contributed by atoms with Crippen molar-refractivity contribution in [1.29, 1.82) is 0 Å². The lowest BCUT2D eigenvalue weighted by atomic mass is 10.1. The van der Waals surface area contributed by atoms with Gasteiger partial charge in [-0.15, -0.1) is 0 Å². The summed E-state index contributed by atoms with van der Waals surface area (Å²) in [5, 5.41) is 6.87. The van der Waals surface area contributed by atoms with Crippen LogP contribution in [0, 0.1) is 5.92 Å². The molecule has 0 heterocycles. The van der Waals surface area contributed by atoms with E-state index in [0.717, 1.165) is 23.0 Å². The molecule has 98 valence electrons. The largest absolute Gasteiger partial charge is 0.355 e. The van der Waals surface area contributed by atoms with Crippen LogP contribution < -0.4 is 10.6 Å². The van der Waals surface area contributed by atoms with Crippen LogP contribution in [0.1, 0.15) is 31.4 Å². The number of amides is 1. The first-order chi connectivity index (χ1) is 8.65. The molecule has 2 N–H and O–H groups in total. The van der Waals surface area contributed by atoms with Crippen LogP contribution >= 0.6 is 11.6 Å². The van der Waals surface area contributed by atoms with E-state index in [-0.39, 0.29) is 11.9 Å². The van der Waals surface area contributed by atoms with Crippen LogP contribution in [-0.2, 0) is 4.79 Å². The molecule has 1 unspecified atom stereocenters. The predicted octanol–water partition coefficient (Wildman–Crippen LogP) is 2.52. The standard InChI is InChI=1S/C14H19ClN2O/c1-10(12-4-6-13(15)7-5-12)16-9-14(18)17-8-11-2-3-11/h4-7,10-11,16H,2-3,8-9H2,1H3,(H,17,18). The third kappa shape index (κ3) is 4.31. The van der Waals surface area contributed by atoms with Crippen LogP contribution in [0.5, 0.6) is 0 Å². The van der Waals surface area contributed by atoms with Gasteiger partial charge in [0, 0.05) is 17.6 Å². The summed E-state index contributed by atoms with van der Waals surface area (Å²) in [5.74, 6) is 0.797. The molecule has 4 heteroatoms. The van der Waals surface area contributed by atoms with E-state index < -0.39 is 0 Å². The number of carbonyl (C=O) groups excluding carboxylic acids is 1. The predicted molar refractivity (Wildman–Crippen MR) is 73.6 cm³/mol. The van der Waals surface area contributed by atoms with Gasteiger partial charge in [0.05, 0.1) is 6.54 Å². The minimum Gasteiger partial charge on any atom is -0.355 e. The Morgan fingerprint density at radius 2 is 2.06 bits per heavy atom. The van der Waals surface area contributed by atoms with Crippen molar-refractivity contribution in [3.8, 4) is 0 Å². The lowest BCUT2D eigenvalue weighted by Crippen LogP contribution is -2.36. The van der Waals surface area contributed by atoms with Crippen molar-refractivity contribution in [3.63, 3.8) is 0 Å². The average molecular weight is 267 g/mol. The molecule has 1 fully saturated rings. The van der Waals surface area contributed by atoms with Crippen LogP contribution in [0.4, 0.5) is 0 Å². The van der Waals surface area contributed by atoms with E-state index in [1.807, 2.05) is 31.2 Å². The molecule has 0 aromatic heterocycles. The number of halogens is 1. The first-order valence-electron chi connectivity index (χ1n) is 6.40. The van der Waals surface area contributed by atoms with Crippen molar-refractivity contribution in [3.05, 3.63) is 34.9 Å². The van der Waals surface area contributed by atoms with E-state index in [4.69, 9.17) is 11.6 Å². The summed E-state index contributed by atoms with van der Waals surface area (Å²) in [6, 6.07) is 7.82. The van der Waals surface area contributed by atoms with Crippen LogP contribution in [0.25, 0.3) is 0 Å². The van der Waals surface area contributed by atoms with E-state index in [1.165, 1.54) is 12.8 Å². The molecule has 0 radical (unpaired) electrons. The highest BCUT2D eigenvalue weighted by molar-refractivity contribution is 6.30. The summed E-state index contributed by atoms with van der Waals surface area (Å²) in [6.45, 7) is 3.23. The van der Waals surface area contributed by atoms with Gasteiger partial charge in [0.15, 0.2) is 0 Å². The maximum absolute atomic E-state index is 11.6. The summed E-state index contributed by atoms with van der Waals surface area (Å²) < 4.78 is 0. The third-order valence-corrected chi connectivity index (χ3v) is 3.48. The van der Waals surface area contributed by atoms with E-state index in [1.54, 1.807) is 0 Å². The third-order valence-electron chi connectivity index (χ3n) is 3.22. The number of benzene rings is 1. The van der Waals surface area contributed by atoms with Crippen molar-refractivity contribution < 1.29 is 4.79 Å². The maximum Gasteiger partial charge on any atom is 0.233 e. The molecule has 1 saturated carbocycles. The van der Waals surface area contributed by atoms with Crippen molar-refractivity contribution in [1.82, 2.24) is 10.6 Å². The minimum atomic E-state index is 0.0720. The normalized spacial score (nSPS) is 16.3. The molecular weight excluding hydrogens is 248 g/mol. The summed E-state index contributed by atoms with van der Waals surface area (Å²) in [6.07, 6.45) is 2.52. The van der Waals surface area contributed by atoms with Gasteiger partial charge in [-0.1, -0.05) is 23.7 Å². The van der Waals surface area contributed by atoms with Gasteiger partial charge in [0.2, 0.25) is 5.91 Å². The second kappa shape index (κ2) is 6.21. The number of rotatable bonds is 6. The monoisotopic (exact) mass is 266 g/mol. The Balaban J connectivity index is 1.71. The van der Waals surface area contributed by atoms with Crippen molar-refractivity contribution in [2.75, 3.05) is 13.1 Å². The summed E-state index contributed by atoms with van der Waals surface area (Å²) in [7, 11) is 0. The van der Waals surface area contributed by atoms with Crippen LogP contribution in [0.3, 0.4) is 0 Å². The van der Waals surface area contributed by atoms with Gasteiger partial charge in [-0.2, -0.15) is 0 Å². The molecule has 0 bridgehead atoms. The summed E-state index contributed by atoms with van der Waals surface area (Å²) >= 11 is 5.84. The van der Waals surface area contributed by atoms with E-state index in [2.05, 4.69) is 10.6 Å². The average Bonchev–Trinajstić information content (AvgIpc) is 3.18. The minimum absolute atomic E-state index is 0.0720. The topological polar surface area (TPSA) is 41.1 Å². The van der Waals surface area contributed by atoms with Gasteiger partial charge in [0.1, 0.15) is 0 Å². The zero-order valence-corrected chi connectivity index (χ0v) is 11.3. The Labute approximate surface area is 113 Å². The molecule has 1 aromatic rings. The molecule has 18 heavy (non-hydrogen) atoms. The lowest BCUT2D eigenvalue weighted by molar-refractivity contribution is -0.120. The molecule has 0 aliphatic heterocycles. The summed E-state index contributed by atoms with van der Waals surface area (Å²) in [4.78, 5) is 11.6. The molecule has 0 saturated heterocycles. The highest BCUT2D eigenvalue weighted by atomic mass is 35.5. The molecule has 1 atom stereocenters. The molecular formula is C14H19ClN2O. The van der Waals surface area contributed by atoms with Crippen LogP contribution in [0.15, 0.2) is 24.3 Å². The summed E-state index contributed by atoms with van der Waals surface area (Å²) in [5.41, 5.74) is 1.13. The molecule has 2 rings (SSSR count). The van der Waals surface area contributed by atoms with Crippen molar-refractivity contribution in [2.24, 2.45) is 5.92 Å². The van der Waals surface area contributed by atoms with Gasteiger partial charge >= 0.3 is 0 Å². The van der Waals surface area contributed by atoms with Gasteiger partial charge in [-0.25, -0.2) is 0 Å². The first kappa shape index (κ1) is 13.4. The van der Waals surface area contributed by atoms with Crippen molar-refractivity contribution in [2.45, 2.75) is 25.8 Å². The smallest absolute Gasteiger partial charge is 0.233 e. The number of nitrogens with one attached hydrogen (secondary N) is 2. The van der Waals surface area contributed by atoms with E-state index in [9.17, 15) is 4.79 Å². The number of hydrogen-bond donors (Lipinski definition) is 2. The highest BCUT2D eigenvalue weighted by Crippen LogP contribution is 2.27. The van der Waals surface area contributed by atoms with Gasteiger partial charge < -0.3 is 10.6 Å². The Morgan fingerprint density at radius 3 is 2.67 bits per heavy atom. The fourth-order valence-electron chi connectivity index (χ4n) is 1.76. The van der Waals surface area contributed by atoms with Crippen LogP contribution in [-0.4, -0.2) is 19.0 Å². The molecule has 1 aromatic carbocycles. The number of carbonyl (C=O) groups is 1. The fourth-order valence-corrected chi connectivity index (χ4v) is 1.88. The Kier molecular flexibility index (Phi) is 4.61. The maximum atomic E-state index is 11.6. The molecule has 1 aliphatic rings. The SMILES string of the molecule is CC(NCC(=O)NCC1CC1)c1ccc(Cl)cc1. The first-order valence-corrected chi connectivity index (χ1v) is 6.78. The molecule has 1 aliphatic carbocycles. The Morgan fingerprint density at radius 1 is 1.39 bits per heavy atom. The quantitative estimate of drug-likeness (QED) is 0.831. The fraction of sp³-hybridized carbons (Fsp3) is 0.500. The van der Waals surface area contributed by atoms with Gasteiger partial charge in [-0.05, 0) is 43.4 Å². The van der Waals surface area contributed by atoms with Gasteiger partial charge in [-0.3, -0.25) is 4.79 Å². The van der Waals surface area contributed by atoms with Gasteiger partial charge in [0.25, 0.3) is 0 Å². The zero-order chi connectivity index (χ0) is 13.0. The number of hydrogen-bond acceptors (Lipinski definition) is 2. The van der Waals surface area contributed by atoms with Crippen LogP contribution in [0.2, 0.25) is 5.02 Å². The highest BCUT2D eigenvalue weighted by Gasteiger charge is 2.21. The molecule has 1 amide bonds. The lowest BCUT2D eigenvalue weighted by Gasteiger charge is -2.14. The van der Waals surface area contributed by atoms with E-state index >= 15 is 0 Å². The zero-order valence-electron chi connectivity index (χ0n) is 10.6. The van der Waals surface area contributed by atoms with E-state index in [0.29, 0.717) is 6.54 Å². The molecule has 3 nitrogen and oxygen atoms in total. The second-order valence-corrected chi connectivity index (χ2v) is 5.34. The Bertz CT molecular complexity index is 401. The van der Waals surface area contributed by atoms with Crippen molar-refractivity contribution >= 4 is 17.5 Å².